The van der Waals surface area contributed by atoms with Crippen LogP contribution in [-0.4, -0.2) is 31.3 Å². The molecule has 20 heavy (non-hydrogen) atoms. The number of hydrogen-bond donors (Lipinski definition) is 1. The maximum atomic E-state index is 5.30. The van der Waals surface area contributed by atoms with E-state index in [-0.39, 0.29) is 0 Å². The van der Waals surface area contributed by atoms with E-state index in [0.717, 1.165) is 11.4 Å². The number of nitrogens with one attached hydrogen (secondary N) is 1. The minimum Gasteiger partial charge on any atom is -0.493 e. The maximum absolute atomic E-state index is 5.30. The van der Waals surface area contributed by atoms with Crippen molar-refractivity contribution in [3.05, 3.63) is 36.4 Å². The molecule has 0 fully saturated rings. The molecule has 0 spiro atoms. The van der Waals surface area contributed by atoms with Gasteiger partial charge >= 0.3 is 0 Å². The quantitative estimate of drug-likeness (QED) is 0.871. The van der Waals surface area contributed by atoms with Gasteiger partial charge in [0.2, 0.25) is 5.75 Å². The van der Waals surface area contributed by atoms with Crippen LogP contribution in [0.3, 0.4) is 0 Å². The first-order valence-electron chi connectivity index (χ1n) is 6.07. The van der Waals surface area contributed by atoms with Gasteiger partial charge in [-0.25, -0.2) is 0 Å². The molecule has 6 nitrogen and oxygen atoms in total. The molecule has 0 unspecified atom stereocenters. The van der Waals surface area contributed by atoms with Crippen molar-refractivity contribution in [2.75, 3.05) is 26.6 Å². The van der Waals surface area contributed by atoms with Crippen LogP contribution in [0, 0.1) is 0 Å². The summed E-state index contributed by atoms with van der Waals surface area (Å²) in [5.74, 6) is 1.78. The summed E-state index contributed by atoms with van der Waals surface area (Å²) < 4.78 is 15.9. The normalized spacial score (nSPS) is 9.95. The highest BCUT2D eigenvalue weighted by Crippen LogP contribution is 2.39. The van der Waals surface area contributed by atoms with E-state index in [0.29, 0.717) is 23.8 Å². The highest BCUT2D eigenvalue weighted by molar-refractivity contribution is 5.62. The summed E-state index contributed by atoms with van der Waals surface area (Å²) in [4.78, 5) is 8.22. The molecule has 0 saturated carbocycles. The van der Waals surface area contributed by atoms with E-state index >= 15 is 0 Å². The molecule has 106 valence electrons. The van der Waals surface area contributed by atoms with Crippen molar-refractivity contribution in [3.8, 4) is 17.2 Å². The summed E-state index contributed by atoms with van der Waals surface area (Å²) in [5.41, 5.74) is 1.70. The van der Waals surface area contributed by atoms with Gasteiger partial charge in [0.1, 0.15) is 0 Å². The second-order valence-electron chi connectivity index (χ2n) is 3.96. The van der Waals surface area contributed by atoms with Gasteiger partial charge in [-0.2, -0.15) is 0 Å². The number of hydrogen-bond acceptors (Lipinski definition) is 6. The van der Waals surface area contributed by atoms with Crippen LogP contribution in [0.4, 0.5) is 5.69 Å². The highest BCUT2D eigenvalue weighted by atomic mass is 16.5. The summed E-state index contributed by atoms with van der Waals surface area (Å²) in [6, 6.07) is 3.69. The van der Waals surface area contributed by atoms with E-state index < -0.39 is 0 Å². The SMILES string of the molecule is COc1cc(NCc2cnccn2)cc(OC)c1OC. The molecule has 0 aliphatic heterocycles. The summed E-state index contributed by atoms with van der Waals surface area (Å²) in [7, 11) is 4.75. The summed E-state index contributed by atoms with van der Waals surface area (Å²) in [6.45, 7) is 0.562. The average Bonchev–Trinajstić information content (AvgIpc) is 2.52. The number of ether oxygens (including phenoxy) is 3. The lowest BCUT2D eigenvalue weighted by molar-refractivity contribution is 0.324. The molecule has 1 aromatic carbocycles. The van der Waals surface area contributed by atoms with Gasteiger partial charge in [0.15, 0.2) is 11.5 Å². The summed E-state index contributed by atoms with van der Waals surface area (Å²) in [6.07, 6.45) is 5.01. The molecule has 0 amide bonds. The summed E-state index contributed by atoms with van der Waals surface area (Å²) in [5, 5.41) is 3.24. The zero-order valence-electron chi connectivity index (χ0n) is 11.7. The van der Waals surface area contributed by atoms with Crippen LogP contribution in [-0.2, 0) is 6.54 Å². The van der Waals surface area contributed by atoms with E-state index in [4.69, 9.17) is 14.2 Å². The standard InChI is InChI=1S/C14H17N3O3/c1-18-12-6-10(7-13(19-2)14(12)20-3)17-9-11-8-15-4-5-16-11/h4-8,17H,9H2,1-3H3. The van der Waals surface area contributed by atoms with Crippen LogP contribution >= 0.6 is 0 Å². The molecule has 0 aliphatic rings. The number of methoxy groups -OCH3 is 3. The average molecular weight is 275 g/mol. The van der Waals surface area contributed by atoms with Crippen LogP contribution in [0.1, 0.15) is 5.69 Å². The van der Waals surface area contributed by atoms with Crippen molar-refractivity contribution >= 4 is 5.69 Å². The minimum atomic E-state index is 0.562. The predicted molar refractivity (Wildman–Crippen MR) is 75.5 cm³/mol. The fourth-order valence-electron chi connectivity index (χ4n) is 1.80. The Morgan fingerprint density at radius 2 is 1.70 bits per heavy atom. The number of benzene rings is 1. The first kappa shape index (κ1) is 13.9. The number of nitrogens with zero attached hydrogens (tertiary/aromatic N) is 2. The third-order valence-electron chi connectivity index (χ3n) is 2.76. The Hall–Kier alpha value is -2.50. The second kappa shape index (κ2) is 6.60. The van der Waals surface area contributed by atoms with Gasteiger partial charge in [-0.1, -0.05) is 0 Å². The minimum absolute atomic E-state index is 0.562. The molecule has 0 aliphatic carbocycles. The molecule has 0 saturated heterocycles. The highest BCUT2D eigenvalue weighted by Gasteiger charge is 2.12. The number of rotatable bonds is 6. The second-order valence-corrected chi connectivity index (χ2v) is 3.96. The van der Waals surface area contributed by atoms with Gasteiger partial charge in [-0.3, -0.25) is 9.97 Å². The summed E-state index contributed by atoms with van der Waals surface area (Å²) >= 11 is 0. The fourth-order valence-corrected chi connectivity index (χ4v) is 1.80. The van der Waals surface area contributed by atoms with Gasteiger partial charge in [0.25, 0.3) is 0 Å². The van der Waals surface area contributed by atoms with Crippen LogP contribution < -0.4 is 19.5 Å². The smallest absolute Gasteiger partial charge is 0.203 e. The molecule has 0 radical (unpaired) electrons. The Kier molecular flexibility index (Phi) is 4.60. The topological polar surface area (TPSA) is 65.5 Å². The third kappa shape index (κ3) is 3.09. The Bertz CT molecular complexity index is 536. The van der Waals surface area contributed by atoms with E-state index in [1.165, 1.54) is 0 Å². The Balaban J connectivity index is 2.19. The first-order valence-corrected chi connectivity index (χ1v) is 6.07. The Labute approximate surface area is 117 Å². The van der Waals surface area contributed by atoms with Crippen molar-refractivity contribution in [2.24, 2.45) is 0 Å². The number of aromatic nitrogens is 2. The zero-order chi connectivity index (χ0) is 14.4. The molecule has 2 aromatic rings. The zero-order valence-corrected chi connectivity index (χ0v) is 11.7. The Morgan fingerprint density at radius 1 is 1.00 bits per heavy atom. The molecule has 0 bridgehead atoms. The van der Waals surface area contributed by atoms with Crippen molar-refractivity contribution in [2.45, 2.75) is 6.54 Å². The van der Waals surface area contributed by atoms with E-state index in [2.05, 4.69) is 15.3 Å². The van der Waals surface area contributed by atoms with Gasteiger partial charge < -0.3 is 19.5 Å². The van der Waals surface area contributed by atoms with Crippen LogP contribution in [0.5, 0.6) is 17.2 Å². The molecular formula is C14H17N3O3. The Morgan fingerprint density at radius 3 is 2.20 bits per heavy atom. The molecule has 2 rings (SSSR count). The fraction of sp³-hybridized carbons (Fsp3) is 0.286. The van der Waals surface area contributed by atoms with Crippen molar-refractivity contribution in [1.29, 1.82) is 0 Å². The molecule has 6 heteroatoms. The van der Waals surface area contributed by atoms with Crippen molar-refractivity contribution in [3.63, 3.8) is 0 Å². The third-order valence-corrected chi connectivity index (χ3v) is 2.76. The van der Waals surface area contributed by atoms with Crippen LogP contribution in [0.2, 0.25) is 0 Å². The first-order chi connectivity index (χ1) is 9.78. The monoisotopic (exact) mass is 275 g/mol. The van der Waals surface area contributed by atoms with Gasteiger partial charge in [-0.15, -0.1) is 0 Å². The predicted octanol–water partition coefficient (Wildman–Crippen LogP) is 2.11. The molecule has 0 atom stereocenters. The number of anilines is 1. The molecule has 1 N–H and O–H groups in total. The lowest BCUT2D eigenvalue weighted by Gasteiger charge is -2.14. The van der Waals surface area contributed by atoms with E-state index in [1.54, 1.807) is 39.9 Å². The van der Waals surface area contributed by atoms with Crippen LogP contribution in [0.15, 0.2) is 30.7 Å². The van der Waals surface area contributed by atoms with Gasteiger partial charge in [-0.05, 0) is 0 Å². The van der Waals surface area contributed by atoms with Crippen LogP contribution in [0.25, 0.3) is 0 Å². The van der Waals surface area contributed by atoms with Crippen molar-refractivity contribution < 1.29 is 14.2 Å². The van der Waals surface area contributed by atoms with E-state index in [9.17, 15) is 0 Å². The molecular weight excluding hydrogens is 258 g/mol. The maximum Gasteiger partial charge on any atom is 0.203 e. The lowest BCUT2D eigenvalue weighted by atomic mass is 10.2. The van der Waals surface area contributed by atoms with Crippen molar-refractivity contribution in [1.82, 2.24) is 9.97 Å². The lowest BCUT2D eigenvalue weighted by Crippen LogP contribution is -2.03. The largest absolute Gasteiger partial charge is 0.493 e. The van der Waals surface area contributed by atoms with Gasteiger partial charge in [0.05, 0.1) is 39.8 Å². The van der Waals surface area contributed by atoms with Gasteiger partial charge in [0, 0.05) is 30.2 Å². The molecule has 1 aromatic heterocycles. The van der Waals surface area contributed by atoms with E-state index in [1.807, 2.05) is 12.1 Å². The molecule has 1 heterocycles.